The van der Waals surface area contributed by atoms with Crippen molar-refractivity contribution in [1.29, 1.82) is 0 Å². The fourth-order valence-electron chi connectivity index (χ4n) is 3.06. The molecule has 11 nitrogen and oxygen atoms in total. The Morgan fingerprint density at radius 2 is 1.21 bits per heavy atom. The molecular weight excluding hydrogens is 442 g/mol. The smallest absolute Gasteiger partial charge is 0.326 e. The lowest BCUT2D eigenvalue weighted by Gasteiger charge is -2.26. The van der Waals surface area contributed by atoms with E-state index in [9.17, 15) is 29.1 Å². The van der Waals surface area contributed by atoms with E-state index in [1.807, 2.05) is 27.7 Å². The summed E-state index contributed by atoms with van der Waals surface area (Å²) in [6.45, 7) is 13.7. The highest BCUT2D eigenvalue weighted by Crippen LogP contribution is 2.09. The molecule has 0 aromatic heterocycles. The van der Waals surface area contributed by atoms with Gasteiger partial charge in [-0.1, -0.05) is 48.0 Å². The van der Waals surface area contributed by atoms with Gasteiger partial charge in [-0.05, 0) is 38.0 Å². The number of nitrogens with one attached hydrogen (secondary N) is 4. The Hall–Kier alpha value is -2.69. The van der Waals surface area contributed by atoms with Crippen molar-refractivity contribution in [2.75, 3.05) is 0 Å². The molecule has 0 aliphatic heterocycles. The van der Waals surface area contributed by atoms with Crippen LogP contribution in [0.25, 0.3) is 0 Å². The molecule has 0 aliphatic carbocycles. The summed E-state index contributed by atoms with van der Waals surface area (Å²) in [5, 5.41) is 19.4. The molecule has 196 valence electrons. The Balaban J connectivity index is 5.11. The number of rotatable bonds is 14. The van der Waals surface area contributed by atoms with Gasteiger partial charge in [0.2, 0.25) is 23.6 Å². The molecule has 0 bridgehead atoms. The van der Waals surface area contributed by atoms with E-state index in [-0.39, 0.29) is 24.2 Å². The van der Waals surface area contributed by atoms with E-state index >= 15 is 0 Å². The van der Waals surface area contributed by atoms with Gasteiger partial charge in [-0.25, -0.2) is 4.79 Å². The van der Waals surface area contributed by atoms with E-state index in [0.29, 0.717) is 6.42 Å². The van der Waals surface area contributed by atoms with E-state index in [0.717, 1.165) is 0 Å². The minimum atomic E-state index is -1.16. The van der Waals surface area contributed by atoms with Crippen LogP contribution >= 0.6 is 0 Å². The van der Waals surface area contributed by atoms with Crippen molar-refractivity contribution in [1.82, 2.24) is 21.3 Å². The van der Waals surface area contributed by atoms with Crippen LogP contribution in [-0.2, 0) is 24.0 Å². The molecule has 11 heteroatoms. The first kappa shape index (κ1) is 31.3. The van der Waals surface area contributed by atoms with Gasteiger partial charge in [-0.15, -0.1) is 0 Å². The van der Waals surface area contributed by atoms with Crippen molar-refractivity contribution >= 4 is 29.6 Å². The maximum absolute atomic E-state index is 12.7. The number of carboxylic acids is 1. The molecule has 0 saturated heterocycles. The Kier molecular flexibility index (Phi) is 13.4. The van der Waals surface area contributed by atoms with Crippen LogP contribution in [0.1, 0.15) is 68.2 Å². The largest absolute Gasteiger partial charge is 0.480 e. The standard InChI is InChI=1S/C23H43N5O6/c1-9-13(6)17(24)22(32)26-14(7)19(29)25-15(8)20(30)27-16(10-11(2)3)21(31)28-18(12(4)5)23(33)34/h11-18H,9-10,24H2,1-8H3,(H,25,29)(H,26,32)(H,27,30)(H,28,31)(H,33,34)/t13-,14-,15-,16-,17-,18-/m0/s1. The number of carbonyl (C=O) groups excluding carboxylic acids is 4. The fraction of sp³-hybridized carbons (Fsp3) is 0.783. The van der Waals surface area contributed by atoms with E-state index in [4.69, 9.17) is 5.73 Å². The van der Waals surface area contributed by atoms with Gasteiger partial charge in [-0.2, -0.15) is 0 Å². The zero-order chi connectivity index (χ0) is 26.7. The van der Waals surface area contributed by atoms with Crippen molar-refractivity contribution in [2.45, 2.75) is 98.4 Å². The number of hydrogen-bond acceptors (Lipinski definition) is 6. The van der Waals surface area contributed by atoms with Gasteiger partial charge in [0.15, 0.2) is 0 Å². The van der Waals surface area contributed by atoms with Crippen LogP contribution in [-0.4, -0.2) is 64.9 Å². The third-order valence-electron chi connectivity index (χ3n) is 5.63. The summed E-state index contributed by atoms with van der Waals surface area (Å²) in [6.07, 6.45) is 0.991. The Morgan fingerprint density at radius 3 is 1.62 bits per heavy atom. The molecule has 34 heavy (non-hydrogen) atoms. The molecule has 0 heterocycles. The minimum absolute atomic E-state index is 0.0354. The summed E-state index contributed by atoms with van der Waals surface area (Å²) in [7, 11) is 0. The van der Waals surface area contributed by atoms with Gasteiger partial charge in [0.05, 0.1) is 6.04 Å². The average molecular weight is 486 g/mol. The molecule has 4 amide bonds. The first-order valence-electron chi connectivity index (χ1n) is 11.8. The molecule has 0 aromatic carbocycles. The first-order chi connectivity index (χ1) is 15.6. The summed E-state index contributed by atoms with van der Waals surface area (Å²) in [4.78, 5) is 61.5. The molecule has 0 unspecified atom stereocenters. The zero-order valence-electron chi connectivity index (χ0n) is 21.6. The number of amides is 4. The third kappa shape index (κ3) is 10.5. The van der Waals surface area contributed by atoms with Crippen LogP contribution in [0, 0.1) is 17.8 Å². The summed E-state index contributed by atoms with van der Waals surface area (Å²) < 4.78 is 0. The minimum Gasteiger partial charge on any atom is -0.480 e. The zero-order valence-corrected chi connectivity index (χ0v) is 21.6. The highest BCUT2D eigenvalue weighted by molar-refractivity contribution is 5.95. The van der Waals surface area contributed by atoms with Crippen molar-refractivity contribution in [3.05, 3.63) is 0 Å². The summed E-state index contributed by atoms with van der Waals surface area (Å²) in [5.74, 6) is -3.79. The van der Waals surface area contributed by atoms with Gasteiger partial charge < -0.3 is 32.1 Å². The lowest BCUT2D eigenvalue weighted by atomic mass is 9.99. The maximum Gasteiger partial charge on any atom is 0.326 e. The van der Waals surface area contributed by atoms with Gasteiger partial charge >= 0.3 is 5.97 Å². The molecule has 0 fully saturated rings. The van der Waals surface area contributed by atoms with Crippen molar-refractivity contribution in [3.8, 4) is 0 Å². The van der Waals surface area contributed by atoms with Crippen LogP contribution in [0.15, 0.2) is 0 Å². The van der Waals surface area contributed by atoms with Crippen molar-refractivity contribution in [3.63, 3.8) is 0 Å². The summed E-state index contributed by atoms with van der Waals surface area (Å²) in [5.41, 5.74) is 5.88. The van der Waals surface area contributed by atoms with E-state index in [2.05, 4.69) is 21.3 Å². The van der Waals surface area contributed by atoms with Crippen LogP contribution in [0.3, 0.4) is 0 Å². The number of carbonyl (C=O) groups is 5. The van der Waals surface area contributed by atoms with Crippen LogP contribution < -0.4 is 27.0 Å². The highest BCUT2D eigenvalue weighted by Gasteiger charge is 2.31. The molecule has 7 N–H and O–H groups in total. The topological polar surface area (TPSA) is 180 Å². The SMILES string of the molecule is CC[C@H](C)[C@H](N)C(=O)N[C@@H](C)C(=O)N[C@@H](C)C(=O)N[C@@H](CC(C)C)C(=O)N[C@H](C(=O)O)C(C)C. The summed E-state index contributed by atoms with van der Waals surface area (Å²) >= 11 is 0. The Morgan fingerprint density at radius 1 is 0.735 bits per heavy atom. The third-order valence-corrected chi connectivity index (χ3v) is 5.63. The molecular formula is C23H43N5O6. The van der Waals surface area contributed by atoms with Gasteiger partial charge in [0.25, 0.3) is 0 Å². The number of hydrogen-bond donors (Lipinski definition) is 6. The fourth-order valence-corrected chi connectivity index (χ4v) is 3.06. The quantitative estimate of drug-likeness (QED) is 0.202. The highest BCUT2D eigenvalue weighted by atomic mass is 16.4. The van der Waals surface area contributed by atoms with Gasteiger partial charge in [0.1, 0.15) is 24.2 Å². The predicted octanol–water partition coefficient (Wildman–Crippen LogP) is 0.126. The van der Waals surface area contributed by atoms with Crippen molar-refractivity contribution < 1.29 is 29.1 Å². The molecule has 0 spiro atoms. The second kappa shape index (κ2) is 14.5. The monoisotopic (exact) mass is 485 g/mol. The number of carboxylic acid groups (broad SMARTS) is 1. The second-order valence-electron chi connectivity index (χ2n) is 9.63. The molecule has 0 rings (SSSR count). The number of nitrogens with two attached hydrogens (primary N) is 1. The van der Waals surface area contributed by atoms with E-state index < -0.39 is 59.8 Å². The lowest BCUT2D eigenvalue weighted by molar-refractivity contribution is -0.143. The van der Waals surface area contributed by atoms with Crippen LogP contribution in [0.2, 0.25) is 0 Å². The molecule has 0 aliphatic rings. The molecule has 0 saturated carbocycles. The normalized spacial score (nSPS) is 16.6. The first-order valence-corrected chi connectivity index (χ1v) is 11.8. The number of aliphatic carboxylic acids is 1. The lowest BCUT2D eigenvalue weighted by Crippen LogP contribution is -2.58. The molecule has 6 atom stereocenters. The van der Waals surface area contributed by atoms with Crippen LogP contribution in [0.5, 0.6) is 0 Å². The Labute approximate surface area is 202 Å². The average Bonchev–Trinajstić information content (AvgIpc) is 2.74. The van der Waals surface area contributed by atoms with Gasteiger partial charge in [-0.3, -0.25) is 19.2 Å². The maximum atomic E-state index is 12.7. The molecule has 0 radical (unpaired) electrons. The summed E-state index contributed by atoms with van der Waals surface area (Å²) in [6, 6.07) is -4.75. The van der Waals surface area contributed by atoms with E-state index in [1.54, 1.807) is 13.8 Å². The van der Waals surface area contributed by atoms with Crippen molar-refractivity contribution in [2.24, 2.45) is 23.5 Å². The Bertz CT molecular complexity index is 727. The van der Waals surface area contributed by atoms with Gasteiger partial charge in [0, 0.05) is 0 Å². The van der Waals surface area contributed by atoms with E-state index in [1.165, 1.54) is 13.8 Å². The predicted molar refractivity (Wildman–Crippen MR) is 128 cm³/mol. The second-order valence-corrected chi connectivity index (χ2v) is 9.63. The molecule has 0 aromatic rings. The van der Waals surface area contributed by atoms with Crippen LogP contribution in [0.4, 0.5) is 0 Å².